The van der Waals surface area contributed by atoms with E-state index in [1.165, 1.54) is 4.70 Å². The van der Waals surface area contributed by atoms with Gasteiger partial charge in [-0.05, 0) is 12.1 Å². The zero-order valence-corrected chi connectivity index (χ0v) is 10.7. The molecule has 0 aliphatic rings. The van der Waals surface area contributed by atoms with Crippen LogP contribution in [0.5, 0.6) is 0 Å². The summed E-state index contributed by atoms with van der Waals surface area (Å²) in [6.45, 7) is 0. The Morgan fingerprint density at radius 3 is 2.64 bits per heavy atom. The second-order valence-corrected chi connectivity index (χ2v) is 2.71. The molecule has 2 rings (SSSR count). The fourth-order valence-corrected chi connectivity index (χ4v) is 1.48. The molecule has 0 radical (unpaired) electrons. The topological polar surface area (TPSA) is 12.9 Å². The van der Waals surface area contributed by atoms with Crippen molar-refractivity contribution < 1.29 is 36.5 Å². The molecule has 2 aromatic rings. The molecule has 0 fully saturated rings. The summed E-state index contributed by atoms with van der Waals surface area (Å²) in [5, 5.41) is 0. The number of thiazole rings is 1. The van der Waals surface area contributed by atoms with Crippen molar-refractivity contribution in [3.63, 3.8) is 0 Å². The molecule has 1 nitrogen and oxygen atoms in total. The number of nitrogens with zero attached hydrogens (tertiary/aromatic N) is 1. The summed E-state index contributed by atoms with van der Waals surface area (Å²) in [6, 6.07) is 8.13. The predicted molar refractivity (Wildman–Crippen MR) is 39.6 cm³/mol. The predicted octanol–water partition coefficient (Wildman–Crippen LogP) is 2.29. The van der Waals surface area contributed by atoms with Crippen molar-refractivity contribution in [2.24, 2.45) is 0 Å². The Kier molecular flexibility index (Phi) is 5.11. The van der Waals surface area contributed by atoms with Crippen LogP contribution in [0.15, 0.2) is 29.8 Å². The monoisotopic (exact) mass is 255 g/mol. The molecule has 0 amide bonds. The van der Waals surface area contributed by atoms with Gasteiger partial charge in [0.25, 0.3) is 0 Å². The van der Waals surface area contributed by atoms with Crippen molar-refractivity contribution in [2.75, 3.05) is 0 Å². The van der Waals surface area contributed by atoms with Crippen LogP contribution in [-0.4, -0.2) is 4.98 Å². The second-order valence-electron chi connectivity index (χ2n) is 1.82. The molecule has 11 heavy (non-hydrogen) atoms. The Balaban J connectivity index is 0.000000500. The second kappa shape index (κ2) is 5.00. The summed E-state index contributed by atoms with van der Waals surface area (Å²) >= 11 is 1.68. The molecule has 0 aliphatic heterocycles. The molecule has 1 aromatic carbocycles. The van der Waals surface area contributed by atoms with Crippen molar-refractivity contribution in [1.82, 2.24) is 4.98 Å². The minimum absolute atomic E-state index is 0. The average molecular weight is 256 g/mol. The van der Waals surface area contributed by atoms with Crippen LogP contribution in [0.25, 0.3) is 10.2 Å². The van der Waals surface area contributed by atoms with E-state index in [0.717, 1.165) is 5.52 Å². The van der Waals surface area contributed by atoms with Gasteiger partial charge in [0.2, 0.25) is 0 Å². The average Bonchev–Trinajstić information content (AvgIpc) is 2.33. The van der Waals surface area contributed by atoms with Crippen LogP contribution in [0.1, 0.15) is 0 Å². The molecule has 0 atom stereocenters. The molecule has 0 spiro atoms. The molecule has 4 heteroatoms. The van der Waals surface area contributed by atoms with Crippen molar-refractivity contribution in [1.29, 1.82) is 0 Å². The fourth-order valence-electron chi connectivity index (χ4n) is 0.803. The fraction of sp³-hybridized carbons (Fsp3) is 0. The summed E-state index contributed by atoms with van der Waals surface area (Å²) in [6.07, 6.45) is 0. The molecular weight excluding hydrogens is 251 g/mol. The number of para-hydroxylation sites is 1. The van der Waals surface area contributed by atoms with E-state index in [1.807, 2.05) is 23.7 Å². The van der Waals surface area contributed by atoms with E-state index in [9.17, 15) is 0 Å². The number of hydrogen-bond donors (Lipinski definition) is 0. The Bertz CT molecular complexity index is 292. The van der Waals surface area contributed by atoms with Gasteiger partial charge in [-0.2, -0.15) is 0 Å². The summed E-state index contributed by atoms with van der Waals surface area (Å²) in [5.41, 5.74) is 2.97. The maximum Gasteiger partial charge on any atom is 0.0812 e. The number of fused-ring (bicyclic) bond motifs is 1. The smallest absolute Gasteiger partial charge is 0.0812 e. The Morgan fingerprint density at radius 1 is 1.18 bits per heavy atom. The molecule has 0 aliphatic carbocycles. The van der Waals surface area contributed by atoms with Gasteiger partial charge in [0.1, 0.15) is 0 Å². The van der Waals surface area contributed by atoms with Crippen LogP contribution in [0, 0.1) is 0 Å². The Hall–Kier alpha value is 0.253. The van der Waals surface area contributed by atoms with E-state index >= 15 is 0 Å². The van der Waals surface area contributed by atoms with E-state index in [4.69, 9.17) is 0 Å². The molecule has 0 N–H and O–H groups in total. The Morgan fingerprint density at radius 2 is 1.91 bits per heavy atom. The van der Waals surface area contributed by atoms with Gasteiger partial charge >= 0.3 is 0 Å². The van der Waals surface area contributed by atoms with E-state index in [0.29, 0.717) is 0 Å². The van der Waals surface area contributed by atoms with Crippen molar-refractivity contribution >= 4 is 21.6 Å². The third-order valence-corrected chi connectivity index (χ3v) is 2.05. The van der Waals surface area contributed by atoms with Crippen LogP contribution in [-0.2, 0) is 36.5 Å². The molecular formula is C7H5FeNSZn. The van der Waals surface area contributed by atoms with Crippen LogP contribution >= 0.6 is 11.3 Å². The van der Waals surface area contributed by atoms with E-state index in [2.05, 4.69) is 11.1 Å². The maximum atomic E-state index is 4.14. The summed E-state index contributed by atoms with van der Waals surface area (Å²) in [4.78, 5) is 4.14. The maximum absolute atomic E-state index is 4.14. The van der Waals surface area contributed by atoms with Gasteiger partial charge in [-0.1, -0.05) is 12.1 Å². The van der Waals surface area contributed by atoms with Gasteiger partial charge in [0.15, 0.2) is 0 Å². The summed E-state index contributed by atoms with van der Waals surface area (Å²) < 4.78 is 1.26. The third-order valence-electron chi connectivity index (χ3n) is 1.24. The van der Waals surface area contributed by atoms with Gasteiger partial charge < -0.3 is 0 Å². The zero-order chi connectivity index (χ0) is 6.10. The summed E-state index contributed by atoms with van der Waals surface area (Å²) in [7, 11) is 0. The van der Waals surface area contributed by atoms with Crippen molar-refractivity contribution in [3.05, 3.63) is 29.8 Å². The van der Waals surface area contributed by atoms with Gasteiger partial charge in [0.05, 0.1) is 15.7 Å². The Labute approximate surface area is 92.5 Å². The zero-order valence-electron chi connectivity index (χ0n) is 5.80. The van der Waals surface area contributed by atoms with Gasteiger partial charge in [-0.25, -0.2) is 4.98 Å². The SMILES string of the molecule is [Fe].[Zn].c1ccc2scnc2c1. The first-order chi connectivity index (χ1) is 4.47. The first kappa shape index (κ1) is 11.3. The third kappa shape index (κ3) is 2.35. The summed E-state index contributed by atoms with van der Waals surface area (Å²) in [5.74, 6) is 0. The standard InChI is InChI=1S/C7H5NS.Fe.Zn/c1-2-4-7-6(3-1)8-5-9-7;;/h1-5H;;. The van der Waals surface area contributed by atoms with Crippen molar-refractivity contribution in [3.8, 4) is 0 Å². The quantitative estimate of drug-likeness (QED) is 0.659. The molecule has 0 bridgehead atoms. The first-order valence-corrected chi connectivity index (χ1v) is 3.63. The van der Waals surface area contributed by atoms with Crippen LogP contribution in [0.2, 0.25) is 0 Å². The minimum atomic E-state index is 0. The molecule has 0 unspecified atom stereocenters. The number of aromatic nitrogens is 1. The largest absolute Gasteiger partial charge is 0.245 e. The molecule has 0 saturated heterocycles. The van der Waals surface area contributed by atoms with Crippen LogP contribution in [0.4, 0.5) is 0 Å². The molecule has 1 heterocycles. The van der Waals surface area contributed by atoms with Crippen LogP contribution < -0.4 is 0 Å². The van der Waals surface area contributed by atoms with E-state index in [1.54, 1.807) is 11.3 Å². The van der Waals surface area contributed by atoms with E-state index in [-0.39, 0.29) is 36.5 Å². The molecule has 54 valence electrons. The molecule has 1 aromatic heterocycles. The number of rotatable bonds is 0. The minimum Gasteiger partial charge on any atom is -0.245 e. The first-order valence-electron chi connectivity index (χ1n) is 2.75. The van der Waals surface area contributed by atoms with Gasteiger partial charge in [-0.15, -0.1) is 11.3 Å². The van der Waals surface area contributed by atoms with Gasteiger partial charge in [-0.3, -0.25) is 0 Å². The van der Waals surface area contributed by atoms with E-state index < -0.39 is 0 Å². The van der Waals surface area contributed by atoms with Crippen LogP contribution in [0.3, 0.4) is 0 Å². The number of hydrogen-bond acceptors (Lipinski definition) is 2. The molecule has 0 saturated carbocycles. The number of benzene rings is 1. The van der Waals surface area contributed by atoms with Gasteiger partial charge in [0, 0.05) is 36.5 Å². The van der Waals surface area contributed by atoms with Crippen molar-refractivity contribution in [2.45, 2.75) is 0 Å². The normalized spacial score (nSPS) is 8.36.